The Morgan fingerprint density at radius 1 is 1.42 bits per heavy atom. The van der Waals surface area contributed by atoms with Crippen LogP contribution in [0.25, 0.3) is 0 Å². The molecule has 1 heterocycles. The Bertz CT molecular complexity index is 140. The Hall–Kier alpha value is -0.120. The maximum Gasteiger partial charge on any atom is 0.190 e. The molecule has 1 fully saturated rings. The first-order chi connectivity index (χ1) is 5.69. The molecule has 1 saturated heterocycles. The SMILES string of the molecule is CCC[N+]1([O-])CCCCCC1O. The highest BCUT2D eigenvalue weighted by molar-refractivity contribution is 4.57. The number of likely N-dealkylation sites (tertiary alicyclic amines) is 1. The summed E-state index contributed by atoms with van der Waals surface area (Å²) in [6, 6.07) is 0. The molecule has 1 rings (SSSR count). The normalized spacial score (nSPS) is 37.8. The molecule has 0 aromatic carbocycles. The number of hydrogen-bond donors (Lipinski definition) is 1. The van der Waals surface area contributed by atoms with Gasteiger partial charge >= 0.3 is 0 Å². The van der Waals surface area contributed by atoms with Crippen molar-refractivity contribution in [3.8, 4) is 0 Å². The van der Waals surface area contributed by atoms with Gasteiger partial charge in [0.15, 0.2) is 6.23 Å². The summed E-state index contributed by atoms with van der Waals surface area (Å²) in [5.74, 6) is 0. The van der Waals surface area contributed by atoms with Crippen molar-refractivity contribution in [3.05, 3.63) is 5.21 Å². The molecule has 0 aromatic rings. The molecule has 1 aliphatic rings. The van der Waals surface area contributed by atoms with Crippen molar-refractivity contribution in [3.63, 3.8) is 0 Å². The van der Waals surface area contributed by atoms with Crippen LogP contribution in [-0.2, 0) is 0 Å². The highest BCUT2D eigenvalue weighted by atomic mass is 16.6. The smallest absolute Gasteiger partial charge is 0.190 e. The van der Waals surface area contributed by atoms with Crippen molar-refractivity contribution in [2.75, 3.05) is 13.1 Å². The predicted molar refractivity (Wildman–Crippen MR) is 48.1 cm³/mol. The zero-order valence-corrected chi connectivity index (χ0v) is 7.83. The van der Waals surface area contributed by atoms with E-state index < -0.39 is 6.23 Å². The van der Waals surface area contributed by atoms with Gasteiger partial charge < -0.3 is 15.0 Å². The maximum atomic E-state index is 12.0. The minimum atomic E-state index is -0.660. The summed E-state index contributed by atoms with van der Waals surface area (Å²) in [7, 11) is 0. The van der Waals surface area contributed by atoms with Crippen molar-refractivity contribution >= 4 is 0 Å². The second-order valence-electron chi connectivity index (χ2n) is 3.73. The van der Waals surface area contributed by atoms with Crippen LogP contribution in [0.15, 0.2) is 0 Å². The van der Waals surface area contributed by atoms with E-state index in [9.17, 15) is 10.3 Å². The van der Waals surface area contributed by atoms with Gasteiger partial charge in [0.05, 0.1) is 13.1 Å². The lowest BCUT2D eigenvalue weighted by Crippen LogP contribution is -2.50. The second kappa shape index (κ2) is 4.21. The molecule has 12 heavy (non-hydrogen) atoms. The molecule has 3 nitrogen and oxygen atoms in total. The first kappa shape index (κ1) is 9.96. The monoisotopic (exact) mass is 173 g/mol. The zero-order valence-electron chi connectivity index (χ0n) is 7.83. The zero-order chi connectivity index (χ0) is 9.03. The fourth-order valence-corrected chi connectivity index (χ4v) is 1.91. The number of hydrogen-bond acceptors (Lipinski definition) is 2. The van der Waals surface area contributed by atoms with E-state index in [-0.39, 0.29) is 4.65 Å². The van der Waals surface area contributed by atoms with Crippen LogP contribution in [0.5, 0.6) is 0 Å². The minimum absolute atomic E-state index is 0.365. The molecule has 0 radical (unpaired) electrons. The summed E-state index contributed by atoms with van der Waals surface area (Å²) in [4.78, 5) is 0. The van der Waals surface area contributed by atoms with Crippen LogP contribution < -0.4 is 0 Å². The summed E-state index contributed by atoms with van der Waals surface area (Å²) < 4.78 is -0.365. The van der Waals surface area contributed by atoms with Gasteiger partial charge in [0, 0.05) is 6.42 Å². The molecule has 0 aromatic heterocycles. The van der Waals surface area contributed by atoms with Crippen molar-refractivity contribution < 1.29 is 9.75 Å². The molecule has 0 saturated carbocycles. The quantitative estimate of drug-likeness (QED) is 0.509. The molecule has 0 aliphatic carbocycles. The number of aliphatic hydroxyl groups excluding tert-OH is 1. The molecule has 2 atom stereocenters. The average Bonchev–Trinajstić information content (AvgIpc) is 2.17. The van der Waals surface area contributed by atoms with Crippen molar-refractivity contribution in [1.82, 2.24) is 0 Å². The molecular formula is C9H19NO2. The third kappa shape index (κ3) is 2.19. The third-order valence-corrected chi connectivity index (χ3v) is 2.64. The van der Waals surface area contributed by atoms with E-state index in [1.54, 1.807) is 0 Å². The molecule has 72 valence electrons. The van der Waals surface area contributed by atoms with Crippen molar-refractivity contribution in [2.45, 2.75) is 45.3 Å². The summed E-state index contributed by atoms with van der Waals surface area (Å²) in [6.07, 6.45) is 3.97. The number of hydroxylamine groups is 3. The Morgan fingerprint density at radius 3 is 2.83 bits per heavy atom. The molecule has 1 N–H and O–H groups in total. The van der Waals surface area contributed by atoms with Gasteiger partial charge in [0.25, 0.3) is 0 Å². The average molecular weight is 173 g/mol. The van der Waals surface area contributed by atoms with Gasteiger partial charge in [-0.05, 0) is 25.7 Å². The van der Waals surface area contributed by atoms with Crippen LogP contribution in [0.4, 0.5) is 0 Å². The number of nitrogens with zero attached hydrogens (tertiary/aromatic N) is 1. The Morgan fingerprint density at radius 2 is 2.17 bits per heavy atom. The molecule has 3 heteroatoms. The molecular weight excluding hydrogens is 154 g/mol. The van der Waals surface area contributed by atoms with Gasteiger partial charge in [-0.3, -0.25) is 0 Å². The molecule has 0 bridgehead atoms. The summed E-state index contributed by atoms with van der Waals surface area (Å²) in [6.45, 7) is 3.17. The topological polar surface area (TPSA) is 43.3 Å². The highest BCUT2D eigenvalue weighted by Crippen LogP contribution is 2.22. The van der Waals surface area contributed by atoms with Crippen LogP contribution in [0, 0.1) is 5.21 Å². The standard InChI is InChI=1S/C9H19NO2/c1-2-7-10(12)8-5-3-4-6-9(10)11/h9,11H,2-8H2,1H3. The summed E-state index contributed by atoms with van der Waals surface area (Å²) in [5, 5.41) is 21.6. The van der Waals surface area contributed by atoms with E-state index in [0.717, 1.165) is 25.7 Å². The highest BCUT2D eigenvalue weighted by Gasteiger charge is 2.27. The summed E-state index contributed by atoms with van der Waals surface area (Å²) in [5.41, 5.74) is 0. The number of aliphatic hydroxyl groups is 1. The summed E-state index contributed by atoms with van der Waals surface area (Å²) >= 11 is 0. The predicted octanol–water partition coefficient (Wildman–Crippen LogP) is 1.60. The van der Waals surface area contributed by atoms with Crippen LogP contribution >= 0.6 is 0 Å². The van der Waals surface area contributed by atoms with Crippen molar-refractivity contribution in [2.24, 2.45) is 0 Å². The Labute approximate surface area is 74.2 Å². The van der Waals surface area contributed by atoms with E-state index >= 15 is 0 Å². The lowest BCUT2D eigenvalue weighted by molar-refractivity contribution is -0.926. The lowest BCUT2D eigenvalue weighted by atomic mass is 10.2. The van der Waals surface area contributed by atoms with E-state index in [1.165, 1.54) is 0 Å². The fourth-order valence-electron chi connectivity index (χ4n) is 1.91. The first-order valence-electron chi connectivity index (χ1n) is 4.95. The van der Waals surface area contributed by atoms with Crippen LogP contribution in [-0.4, -0.2) is 29.1 Å². The van der Waals surface area contributed by atoms with E-state index in [1.807, 2.05) is 6.92 Å². The van der Waals surface area contributed by atoms with Gasteiger partial charge in [-0.2, -0.15) is 0 Å². The van der Waals surface area contributed by atoms with E-state index in [2.05, 4.69) is 0 Å². The number of rotatable bonds is 2. The minimum Gasteiger partial charge on any atom is -0.631 e. The van der Waals surface area contributed by atoms with Gasteiger partial charge in [0.1, 0.15) is 0 Å². The lowest BCUT2D eigenvalue weighted by Gasteiger charge is -2.45. The largest absolute Gasteiger partial charge is 0.631 e. The second-order valence-corrected chi connectivity index (χ2v) is 3.73. The number of quaternary nitrogens is 1. The molecule has 0 spiro atoms. The molecule has 2 unspecified atom stereocenters. The first-order valence-corrected chi connectivity index (χ1v) is 4.95. The van der Waals surface area contributed by atoms with E-state index in [0.29, 0.717) is 19.5 Å². The fraction of sp³-hybridized carbons (Fsp3) is 1.00. The van der Waals surface area contributed by atoms with Gasteiger partial charge in [-0.15, -0.1) is 0 Å². The van der Waals surface area contributed by atoms with Crippen LogP contribution in [0.1, 0.15) is 39.0 Å². The van der Waals surface area contributed by atoms with Gasteiger partial charge in [-0.25, -0.2) is 0 Å². The van der Waals surface area contributed by atoms with Crippen molar-refractivity contribution in [1.29, 1.82) is 0 Å². The van der Waals surface area contributed by atoms with E-state index in [4.69, 9.17) is 0 Å². The van der Waals surface area contributed by atoms with Crippen LogP contribution in [0.3, 0.4) is 0 Å². The van der Waals surface area contributed by atoms with Crippen LogP contribution in [0.2, 0.25) is 0 Å². The van der Waals surface area contributed by atoms with Gasteiger partial charge in [-0.1, -0.05) is 6.92 Å². The Kier molecular flexibility index (Phi) is 3.50. The Balaban J connectivity index is 2.55. The third-order valence-electron chi connectivity index (χ3n) is 2.64. The molecule has 1 aliphatic heterocycles. The molecule has 0 amide bonds. The maximum absolute atomic E-state index is 12.0. The van der Waals surface area contributed by atoms with Gasteiger partial charge in [0.2, 0.25) is 0 Å².